The molecule has 166 valence electrons. The first-order chi connectivity index (χ1) is 13.6. The van der Waals surface area contributed by atoms with Crippen molar-refractivity contribution in [2.24, 2.45) is 0 Å². The van der Waals surface area contributed by atoms with Crippen molar-refractivity contribution in [3.8, 4) is 0 Å². The van der Waals surface area contributed by atoms with E-state index in [2.05, 4.69) is 6.92 Å². The molecule has 0 radical (unpaired) electrons. The summed E-state index contributed by atoms with van der Waals surface area (Å²) in [6, 6.07) is 0. The van der Waals surface area contributed by atoms with Crippen molar-refractivity contribution < 1.29 is 20.1 Å². The van der Waals surface area contributed by atoms with Crippen LogP contribution in [-0.2, 0) is 4.79 Å². The second-order valence-electron chi connectivity index (χ2n) is 8.20. The molecule has 0 rings (SSSR count). The molecule has 0 saturated heterocycles. The molecule has 0 heterocycles. The van der Waals surface area contributed by atoms with Crippen molar-refractivity contribution >= 4 is 5.97 Å². The Morgan fingerprint density at radius 3 is 1.93 bits per heavy atom. The summed E-state index contributed by atoms with van der Waals surface area (Å²) >= 11 is 0. The van der Waals surface area contributed by atoms with Gasteiger partial charge >= 0.3 is 5.97 Å². The fraction of sp³-hybridized carbons (Fsp3) is 0.875. The standard InChI is InChI=1S/C24H46O4/c1-2-3-4-5-6-7-9-12-15-18-22(25)21-23(26)19-16-13-10-8-11-14-17-20-24(27)28/h16,19,22-23,25-26H,2-15,17-18,20-21H2,1H3,(H,27,28)/b19-16+/t22-,23-/m0/s1. The number of carboxylic acids is 1. The van der Waals surface area contributed by atoms with Crippen LogP contribution in [0.5, 0.6) is 0 Å². The third-order valence-corrected chi connectivity index (χ3v) is 5.27. The first-order valence-corrected chi connectivity index (χ1v) is 11.8. The van der Waals surface area contributed by atoms with Gasteiger partial charge in [-0.1, -0.05) is 96.1 Å². The molecule has 0 amide bonds. The summed E-state index contributed by atoms with van der Waals surface area (Å²) in [5, 5.41) is 28.6. The van der Waals surface area contributed by atoms with Crippen molar-refractivity contribution in [3.63, 3.8) is 0 Å². The monoisotopic (exact) mass is 398 g/mol. The van der Waals surface area contributed by atoms with Gasteiger partial charge in [0, 0.05) is 12.8 Å². The molecule has 0 spiro atoms. The molecule has 0 aromatic rings. The van der Waals surface area contributed by atoms with Crippen LogP contribution in [0, 0.1) is 0 Å². The lowest BCUT2D eigenvalue weighted by atomic mass is 10.0. The predicted octanol–water partition coefficient (Wildman–Crippen LogP) is 6.39. The quantitative estimate of drug-likeness (QED) is 0.155. The Labute approximate surface area is 173 Å². The molecular formula is C24H46O4. The van der Waals surface area contributed by atoms with Crippen molar-refractivity contribution in [3.05, 3.63) is 12.2 Å². The minimum absolute atomic E-state index is 0.271. The van der Waals surface area contributed by atoms with Gasteiger partial charge in [-0.3, -0.25) is 4.79 Å². The second-order valence-corrected chi connectivity index (χ2v) is 8.20. The summed E-state index contributed by atoms with van der Waals surface area (Å²) < 4.78 is 0. The van der Waals surface area contributed by atoms with E-state index in [9.17, 15) is 15.0 Å². The van der Waals surface area contributed by atoms with Crippen LogP contribution in [0.2, 0.25) is 0 Å². The first-order valence-electron chi connectivity index (χ1n) is 11.8. The van der Waals surface area contributed by atoms with Gasteiger partial charge in [0.2, 0.25) is 0 Å². The van der Waals surface area contributed by atoms with Gasteiger partial charge in [-0.05, 0) is 25.7 Å². The summed E-state index contributed by atoms with van der Waals surface area (Å²) in [6.45, 7) is 2.24. The van der Waals surface area contributed by atoms with E-state index in [4.69, 9.17) is 5.11 Å². The summed E-state index contributed by atoms with van der Waals surface area (Å²) in [5.41, 5.74) is 0. The Morgan fingerprint density at radius 1 is 0.786 bits per heavy atom. The van der Waals surface area contributed by atoms with Gasteiger partial charge < -0.3 is 15.3 Å². The average Bonchev–Trinajstić information content (AvgIpc) is 2.65. The van der Waals surface area contributed by atoms with Crippen molar-refractivity contribution in [2.75, 3.05) is 0 Å². The normalized spacial score (nSPS) is 13.8. The summed E-state index contributed by atoms with van der Waals surface area (Å²) in [4.78, 5) is 10.4. The summed E-state index contributed by atoms with van der Waals surface area (Å²) in [5.74, 6) is -0.711. The Bertz CT molecular complexity index is 368. The van der Waals surface area contributed by atoms with Crippen LogP contribution < -0.4 is 0 Å². The minimum Gasteiger partial charge on any atom is -0.481 e. The lowest BCUT2D eigenvalue weighted by molar-refractivity contribution is -0.137. The van der Waals surface area contributed by atoms with Crippen LogP contribution in [0.1, 0.15) is 122 Å². The van der Waals surface area contributed by atoms with Crippen LogP contribution in [0.4, 0.5) is 0 Å². The van der Waals surface area contributed by atoms with E-state index in [0.29, 0.717) is 6.42 Å². The zero-order valence-corrected chi connectivity index (χ0v) is 18.3. The number of carboxylic acid groups (broad SMARTS) is 1. The maximum atomic E-state index is 10.4. The molecule has 3 N–H and O–H groups in total. The third kappa shape index (κ3) is 21.4. The number of hydrogen-bond donors (Lipinski definition) is 3. The summed E-state index contributed by atoms with van der Waals surface area (Å²) in [7, 11) is 0. The highest BCUT2D eigenvalue weighted by Crippen LogP contribution is 2.14. The predicted molar refractivity (Wildman–Crippen MR) is 118 cm³/mol. The van der Waals surface area contributed by atoms with Crippen LogP contribution >= 0.6 is 0 Å². The van der Waals surface area contributed by atoms with E-state index >= 15 is 0 Å². The number of aliphatic hydroxyl groups is 2. The third-order valence-electron chi connectivity index (χ3n) is 5.27. The Balaban J connectivity index is 3.43. The molecule has 0 saturated carbocycles. The smallest absolute Gasteiger partial charge is 0.303 e. The molecule has 0 bridgehead atoms. The SMILES string of the molecule is CCCCCCCCCCC[C@H](O)C[C@@H](O)/C=C/CCCCCCCC(=O)O. The number of rotatable bonds is 21. The molecule has 28 heavy (non-hydrogen) atoms. The molecule has 0 aliphatic heterocycles. The van der Waals surface area contributed by atoms with Gasteiger partial charge in [-0.15, -0.1) is 0 Å². The summed E-state index contributed by atoms with van der Waals surface area (Å²) in [6.07, 6.45) is 21.8. The molecule has 0 unspecified atom stereocenters. The van der Waals surface area contributed by atoms with E-state index in [1.165, 1.54) is 51.4 Å². The Hall–Kier alpha value is -0.870. The van der Waals surface area contributed by atoms with E-state index in [-0.39, 0.29) is 6.42 Å². The van der Waals surface area contributed by atoms with Crippen LogP contribution in [-0.4, -0.2) is 33.5 Å². The molecule has 0 aliphatic carbocycles. The second kappa shape index (κ2) is 20.9. The van der Waals surface area contributed by atoms with Crippen molar-refractivity contribution in [1.82, 2.24) is 0 Å². The number of aliphatic hydroxyl groups excluding tert-OH is 2. The van der Waals surface area contributed by atoms with Gasteiger partial charge in [0.1, 0.15) is 0 Å². The van der Waals surface area contributed by atoms with Gasteiger partial charge in [0.15, 0.2) is 0 Å². The molecule has 2 atom stereocenters. The molecule has 4 nitrogen and oxygen atoms in total. The molecule has 0 aliphatic rings. The number of allylic oxidation sites excluding steroid dienone is 1. The molecule has 0 aromatic carbocycles. The zero-order valence-electron chi connectivity index (χ0n) is 18.3. The van der Waals surface area contributed by atoms with E-state index in [1.807, 2.05) is 12.2 Å². The van der Waals surface area contributed by atoms with E-state index < -0.39 is 18.2 Å². The van der Waals surface area contributed by atoms with Gasteiger partial charge in [0.05, 0.1) is 12.2 Å². The first kappa shape index (κ1) is 27.1. The number of hydrogen-bond acceptors (Lipinski definition) is 3. The van der Waals surface area contributed by atoms with Crippen LogP contribution in [0.15, 0.2) is 12.2 Å². The van der Waals surface area contributed by atoms with Crippen LogP contribution in [0.25, 0.3) is 0 Å². The van der Waals surface area contributed by atoms with Crippen LogP contribution in [0.3, 0.4) is 0 Å². The fourth-order valence-corrected chi connectivity index (χ4v) is 3.49. The highest BCUT2D eigenvalue weighted by molar-refractivity contribution is 5.66. The largest absolute Gasteiger partial charge is 0.481 e. The molecule has 4 heteroatoms. The minimum atomic E-state index is -0.711. The Morgan fingerprint density at radius 2 is 1.32 bits per heavy atom. The lowest BCUT2D eigenvalue weighted by Crippen LogP contribution is -2.15. The van der Waals surface area contributed by atoms with Crippen molar-refractivity contribution in [2.45, 2.75) is 135 Å². The highest BCUT2D eigenvalue weighted by Gasteiger charge is 2.09. The van der Waals surface area contributed by atoms with Crippen molar-refractivity contribution in [1.29, 1.82) is 0 Å². The van der Waals surface area contributed by atoms with Gasteiger partial charge in [-0.25, -0.2) is 0 Å². The van der Waals surface area contributed by atoms with E-state index in [1.54, 1.807) is 0 Å². The molecule has 0 fully saturated rings. The molecular weight excluding hydrogens is 352 g/mol. The topological polar surface area (TPSA) is 77.8 Å². The number of carbonyl (C=O) groups is 1. The van der Waals surface area contributed by atoms with Gasteiger partial charge in [0.25, 0.3) is 0 Å². The Kier molecular flexibility index (Phi) is 20.2. The average molecular weight is 399 g/mol. The lowest BCUT2D eigenvalue weighted by Gasteiger charge is -2.13. The van der Waals surface area contributed by atoms with E-state index in [0.717, 1.165) is 51.4 Å². The number of unbranched alkanes of at least 4 members (excludes halogenated alkanes) is 13. The molecule has 0 aromatic heterocycles. The number of aliphatic carboxylic acids is 1. The highest BCUT2D eigenvalue weighted by atomic mass is 16.4. The maximum absolute atomic E-state index is 10.4. The maximum Gasteiger partial charge on any atom is 0.303 e. The zero-order chi connectivity index (χ0) is 20.9. The fourth-order valence-electron chi connectivity index (χ4n) is 3.49. The van der Waals surface area contributed by atoms with Gasteiger partial charge in [-0.2, -0.15) is 0 Å².